The van der Waals surface area contributed by atoms with Crippen molar-refractivity contribution >= 4 is 0 Å². The minimum atomic E-state index is 0.157. The summed E-state index contributed by atoms with van der Waals surface area (Å²) in [5.74, 6) is 0.929. The van der Waals surface area contributed by atoms with E-state index in [-0.39, 0.29) is 5.54 Å². The second kappa shape index (κ2) is 4.23. The molecule has 2 rings (SSSR count). The van der Waals surface area contributed by atoms with Gasteiger partial charge in [-0.2, -0.15) is 0 Å². The Balaban J connectivity index is 2.20. The summed E-state index contributed by atoms with van der Waals surface area (Å²) in [4.78, 5) is 0. The zero-order chi connectivity index (χ0) is 10.7. The summed E-state index contributed by atoms with van der Waals surface area (Å²) in [5, 5.41) is 3.61. The van der Waals surface area contributed by atoms with Crippen LogP contribution in [0, 0.1) is 0 Å². The van der Waals surface area contributed by atoms with Crippen molar-refractivity contribution in [3.63, 3.8) is 0 Å². The first-order valence-corrected chi connectivity index (χ1v) is 5.64. The first-order valence-electron chi connectivity index (χ1n) is 5.64. The molecule has 0 aliphatic carbocycles. The van der Waals surface area contributed by atoms with Crippen molar-refractivity contribution in [2.75, 3.05) is 13.7 Å². The summed E-state index contributed by atoms with van der Waals surface area (Å²) in [6, 6.07) is 8.40. The predicted octanol–water partition coefficient (Wildman–Crippen LogP) is 2.68. The molecular formula is C13H19NO. The fraction of sp³-hybridized carbons (Fsp3) is 0.538. The van der Waals surface area contributed by atoms with Gasteiger partial charge in [0.1, 0.15) is 5.75 Å². The largest absolute Gasteiger partial charge is 0.497 e. The molecule has 0 saturated carbocycles. The van der Waals surface area contributed by atoms with Crippen LogP contribution in [-0.2, 0) is 5.54 Å². The molecule has 15 heavy (non-hydrogen) atoms. The summed E-state index contributed by atoms with van der Waals surface area (Å²) >= 11 is 0. The van der Waals surface area contributed by atoms with E-state index >= 15 is 0 Å². The number of ether oxygens (including phenoxy) is 1. The second-order valence-corrected chi connectivity index (χ2v) is 4.44. The molecule has 2 heteroatoms. The van der Waals surface area contributed by atoms with E-state index in [0.29, 0.717) is 0 Å². The van der Waals surface area contributed by atoms with E-state index in [1.807, 2.05) is 12.1 Å². The van der Waals surface area contributed by atoms with Crippen LogP contribution < -0.4 is 10.1 Å². The van der Waals surface area contributed by atoms with Gasteiger partial charge in [0.25, 0.3) is 0 Å². The average molecular weight is 205 g/mol. The SMILES string of the molecule is COc1ccc(C2(C)CCCCN2)cc1. The lowest BCUT2D eigenvalue weighted by Gasteiger charge is -2.35. The normalized spacial score (nSPS) is 26.3. The molecule has 0 aromatic heterocycles. The highest BCUT2D eigenvalue weighted by molar-refractivity contribution is 5.31. The van der Waals surface area contributed by atoms with Crippen LogP contribution in [0.3, 0.4) is 0 Å². The van der Waals surface area contributed by atoms with Crippen molar-refractivity contribution in [3.05, 3.63) is 29.8 Å². The Hall–Kier alpha value is -1.02. The Kier molecular flexibility index (Phi) is 2.96. The van der Waals surface area contributed by atoms with Gasteiger partial charge in [-0.1, -0.05) is 18.6 Å². The summed E-state index contributed by atoms with van der Waals surface area (Å²) in [6.45, 7) is 3.41. The molecule has 0 radical (unpaired) electrons. The molecule has 1 heterocycles. The highest BCUT2D eigenvalue weighted by Gasteiger charge is 2.27. The average Bonchev–Trinajstić information content (AvgIpc) is 2.30. The summed E-state index contributed by atoms with van der Waals surface area (Å²) in [5.41, 5.74) is 1.52. The quantitative estimate of drug-likeness (QED) is 0.801. The minimum Gasteiger partial charge on any atom is -0.497 e. The Morgan fingerprint density at radius 3 is 2.47 bits per heavy atom. The fourth-order valence-electron chi connectivity index (χ4n) is 2.26. The lowest BCUT2D eigenvalue weighted by Crippen LogP contribution is -2.43. The molecule has 0 amide bonds. The van der Waals surface area contributed by atoms with Crippen molar-refractivity contribution in [2.45, 2.75) is 31.7 Å². The Labute approximate surface area is 91.6 Å². The number of hydrogen-bond acceptors (Lipinski definition) is 2. The second-order valence-electron chi connectivity index (χ2n) is 4.44. The lowest BCUT2D eigenvalue weighted by molar-refractivity contribution is 0.283. The van der Waals surface area contributed by atoms with Crippen LogP contribution in [0.5, 0.6) is 5.75 Å². The molecule has 1 aliphatic heterocycles. The van der Waals surface area contributed by atoms with Crippen molar-refractivity contribution in [1.82, 2.24) is 5.32 Å². The molecule has 1 unspecified atom stereocenters. The summed E-state index contributed by atoms with van der Waals surface area (Å²) < 4.78 is 5.17. The third-order valence-electron chi connectivity index (χ3n) is 3.35. The van der Waals surface area contributed by atoms with Crippen LogP contribution in [0.15, 0.2) is 24.3 Å². The fourth-order valence-corrected chi connectivity index (χ4v) is 2.26. The summed E-state index contributed by atoms with van der Waals surface area (Å²) in [7, 11) is 1.70. The zero-order valence-electron chi connectivity index (χ0n) is 9.55. The maximum absolute atomic E-state index is 5.17. The van der Waals surface area contributed by atoms with Crippen LogP contribution in [0.1, 0.15) is 31.7 Å². The van der Waals surface area contributed by atoms with E-state index in [1.54, 1.807) is 7.11 Å². The molecule has 0 spiro atoms. The van der Waals surface area contributed by atoms with E-state index in [0.717, 1.165) is 12.3 Å². The minimum absolute atomic E-state index is 0.157. The van der Waals surface area contributed by atoms with Gasteiger partial charge in [0.2, 0.25) is 0 Å². The van der Waals surface area contributed by atoms with Gasteiger partial charge >= 0.3 is 0 Å². The van der Waals surface area contributed by atoms with E-state index in [2.05, 4.69) is 24.4 Å². The van der Waals surface area contributed by atoms with Gasteiger partial charge in [0, 0.05) is 5.54 Å². The Bertz CT molecular complexity index is 312. The van der Waals surface area contributed by atoms with Gasteiger partial charge in [-0.15, -0.1) is 0 Å². The third kappa shape index (κ3) is 2.15. The molecule has 1 aliphatic rings. The van der Waals surface area contributed by atoms with Crippen LogP contribution in [-0.4, -0.2) is 13.7 Å². The van der Waals surface area contributed by atoms with Gasteiger partial charge in [0.15, 0.2) is 0 Å². The van der Waals surface area contributed by atoms with Crippen LogP contribution >= 0.6 is 0 Å². The van der Waals surface area contributed by atoms with Gasteiger partial charge in [-0.05, 0) is 44.0 Å². The summed E-state index contributed by atoms with van der Waals surface area (Å²) in [6.07, 6.45) is 3.83. The lowest BCUT2D eigenvalue weighted by atomic mass is 9.84. The van der Waals surface area contributed by atoms with Gasteiger partial charge in [0.05, 0.1) is 7.11 Å². The number of hydrogen-bond donors (Lipinski definition) is 1. The number of piperidine rings is 1. The molecule has 1 fully saturated rings. The van der Waals surface area contributed by atoms with Crippen molar-refractivity contribution in [3.8, 4) is 5.75 Å². The zero-order valence-corrected chi connectivity index (χ0v) is 9.55. The molecule has 0 bridgehead atoms. The van der Waals surface area contributed by atoms with Gasteiger partial charge in [-0.25, -0.2) is 0 Å². The topological polar surface area (TPSA) is 21.3 Å². The number of nitrogens with one attached hydrogen (secondary N) is 1. The van der Waals surface area contributed by atoms with Gasteiger partial charge in [-0.3, -0.25) is 0 Å². The first-order chi connectivity index (χ1) is 7.24. The third-order valence-corrected chi connectivity index (χ3v) is 3.35. The van der Waals surface area contributed by atoms with Crippen molar-refractivity contribution < 1.29 is 4.74 Å². The standard InChI is InChI=1S/C13H19NO/c1-13(9-3-4-10-14-13)11-5-7-12(15-2)8-6-11/h5-8,14H,3-4,9-10H2,1-2H3. The maximum Gasteiger partial charge on any atom is 0.118 e. The Morgan fingerprint density at radius 1 is 1.20 bits per heavy atom. The molecule has 82 valence electrons. The predicted molar refractivity (Wildman–Crippen MR) is 62.2 cm³/mol. The highest BCUT2D eigenvalue weighted by atomic mass is 16.5. The van der Waals surface area contributed by atoms with Crippen molar-refractivity contribution in [1.29, 1.82) is 0 Å². The first kappa shape index (κ1) is 10.5. The van der Waals surface area contributed by atoms with Crippen LogP contribution in [0.2, 0.25) is 0 Å². The number of methoxy groups -OCH3 is 1. The smallest absolute Gasteiger partial charge is 0.118 e. The molecule has 2 nitrogen and oxygen atoms in total. The molecule has 1 atom stereocenters. The molecule has 1 aromatic carbocycles. The van der Waals surface area contributed by atoms with Crippen LogP contribution in [0.25, 0.3) is 0 Å². The number of benzene rings is 1. The highest BCUT2D eigenvalue weighted by Crippen LogP contribution is 2.30. The molecule has 1 saturated heterocycles. The van der Waals surface area contributed by atoms with Crippen molar-refractivity contribution in [2.24, 2.45) is 0 Å². The van der Waals surface area contributed by atoms with E-state index in [1.165, 1.54) is 24.8 Å². The molecule has 1 N–H and O–H groups in total. The van der Waals surface area contributed by atoms with Gasteiger partial charge < -0.3 is 10.1 Å². The van der Waals surface area contributed by atoms with E-state index < -0.39 is 0 Å². The Morgan fingerprint density at radius 2 is 1.93 bits per heavy atom. The van der Waals surface area contributed by atoms with E-state index in [4.69, 9.17) is 4.74 Å². The monoisotopic (exact) mass is 205 g/mol. The molecular weight excluding hydrogens is 186 g/mol. The van der Waals surface area contributed by atoms with Crippen LogP contribution in [0.4, 0.5) is 0 Å². The maximum atomic E-state index is 5.17. The molecule has 1 aromatic rings. The number of rotatable bonds is 2. The van der Waals surface area contributed by atoms with E-state index in [9.17, 15) is 0 Å².